The average molecular weight is 853 g/mol. The molecular formula is C58H40N6O2. The molecule has 0 amide bonds. The van der Waals surface area contributed by atoms with Crippen molar-refractivity contribution in [1.82, 2.24) is 24.2 Å². The van der Waals surface area contributed by atoms with Gasteiger partial charge in [0.25, 0.3) is 0 Å². The normalized spacial score (nSPS) is 17.3. The number of nitrogens with one attached hydrogen (secondary N) is 1. The molecular weight excluding hydrogens is 813 g/mol. The van der Waals surface area contributed by atoms with Gasteiger partial charge in [-0.25, -0.2) is 4.98 Å². The Labute approximate surface area is 378 Å². The molecule has 4 aromatic heterocycles. The van der Waals surface area contributed by atoms with Crippen LogP contribution in [0.25, 0.3) is 88.5 Å². The molecule has 1 aliphatic carbocycles. The smallest absolute Gasteiger partial charge is 0.220 e. The molecule has 2 unspecified atom stereocenters. The topological polar surface area (TPSA) is 67.0 Å². The van der Waals surface area contributed by atoms with Gasteiger partial charge in [-0.1, -0.05) is 104 Å². The van der Waals surface area contributed by atoms with Crippen LogP contribution in [0.1, 0.15) is 18.4 Å². The zero-order chi connectivity index (χ0) is 43.6. The third-order valence-corrected chi connectivity index (χ3v) is 13.6. The maximum Gasteiger partial charge on any atom is 0.220 e. The van der Waals surface area contributed by atoms with Crippen molar-refractivity contribution in [3.63, 3.8) is 0 Å². The van der Waals surface area contributed by atoms with E-state index in [1.165, 1.54) is 5.56 Å². The summed E-state index contributed by atoms with van der Waals surface area (Å²) in [6, 6.07) is 53.6. The second-order valence-corrected chi connectivity index (χ2v) is 17.2. The lowest BCUT2D eigenvalue weighted by Crippen LogP contribution is -2.44. The van der Waals surface area contributed by atoms with Gasteiger partial charge in [-0.2, -0.15) is 0 Å². The maximum atomic E-state index is 6.25. The summed E-state index contributed by atoms with van der Waals surface area (Å²) in [4.78, 5) is 9.98. The highest BCUT2D eigenvalue weighted by molar-refractivity contribution is 6.07. The lowest BCUT2D eigenvalue weighted by Gasteiger charge is -2.30. The molecule has 0 fully saturated rings. The molecule has 0 saturated heterocycles. The van der Waals surface area contributed by atoms with E-state index in [1.807, 2.05) is 37.3 Å². The largest absolute Gasteiger partial charge is 0.456 e. The maximum absolute atomic E-state index is 6.25. The number of allylic oxidation sites excluding steroid dienone is 7. The molecule has 14 rings (SSSR count). The first-order chi connectivity index (χ1) is 32.6. The summed E-state index contributed by atoms with van der Waals surface area (Å²) in [7, 11) is 0. The highest BCUT2D eigenvalue weighted by Crippen LogP contribution is 2.45. The lowest BCUT2D eigenvalue weighted by atomic mass is 9.94. The molecule has 66 heavy (non-hydrogen) atoms. The summed E-state index contributed by atoms with van der Waals surface area (Å²) in [6.07, 6.45) is 15.2. The summed E-state index contributed by atoms with van der Waals surface area (Å²) in [5, 5.41) is 8.20. The Balaban J connectivity index is 0.862. The van der Waals surface area contributed by atoms with Gasteiger partial charge in [0, 0.05) is 33.2 Å². The zero-order valence-corrected chi connectivity index (χ0v) is 35.9. The van der Waals surface area contributed by atoms with Crippen molar-refractivity contribution in [2.75, 3.05) is 4.90 Å². The molecule has 8 nitrogen and oxygen atoms in total. The SMILES string of the molecule is C=CC1=C(/C=C\C)NC2N1C1=C(C=CC(c3cccc(-c4ccc5c(c4)n4c6ccccc6nc4n5-c4ccc5oc6ccccc6c5c4)c3)C=C1)N2c1ccc2oc3ccccc3c2c1. The van der Waals surface area contributed by atoms with Crippen LogP contribution in [0.5, 0.6) is 0 Å². The molecule has 0 spiro atoms. The number of hydrogen-bond acceptors (Lipinski definition) is 6. The van der Waals surface area contributed by atoms with Gasteiger partial charge in [0.2, 0.25) is 5.78 Å². The molecule has 3 aliphatic rings. The Morgan fingerprint density at radius 1 is 0.591 bits per heavy atom. The Bertz CT molecular complexity index is 4050. The predicted octanol–water partition coefficient (Wildman–Crippen LogP) is 14.0. The van der Waals surface area contributed by atoms with Crippen molar-refractivity contribution >= 4 is 77.4 Å². The van der Waals surface area contributed by atoms with Crippen LogP contribution in [0.3, 0.4) is 0 Å². The average Bonchev–Trinajstić information content (AvgIpc) is 4.18. The number of imidazole rings is 2. The fourth-order valence-corrected chi connectivity index (χ4v) is 10.6. The van der Waals surface area contributed by atoms with Crippen molar-refractivity contribution in [3.05, 3.63) is 229 Å². The monoisotopic (exact) mass is 852 g/mol. The summed E-state index contributed by atoms with van der Waals surface area (Å²) in [5.74, 6) is 0.897. The number of aromatic nitrogens is 3. The standard InChI is InChI=1S/C58H40N6O2/c1-3-12-45-47(4-2)63-50-27-22-35(21-26-49(50)61(57(63)59-45)39-24-29-55-43(33-39)41-15-5-9-19-53(41)65-55)36-13-11-14-37(31-36)38-23-28-51-52(32-38)64-48-18-8-7-17-46(48)60-58(64)62(51)40-25-30-56-44(34-40)42-16-6-10-20-54(42)66-56/h3-35,57,59H,2H2,1H3/b12-3-. The summed E-state index contributed by atoms with van der Waals surface area (Å²) < 4.78 is 17.0. The molecule has 7 aromatic carbocycles. The van der Waals surface area contributed by atoms with Crippen LogP contribution in [-0.2, 0) is 0 Å². The molecule has 314 valence electrons. The highest BCUT2D eigenvalue weighted by atomic mass is 16.3. The first-order valence-corrected chi connectivity index (χ1v) is 22.4. The summed E-state index contributed by atoms with van der Waals surface area (Å²) in [6.45, 7) is 6.31. The van der Waals surface area contributed by atoms with E-state index in [-0.39, 0.29) is 12.2 Å². The molecule has 2 aliphatic heterocycles. The minimum absolute atomic E-state index is 0.0286. The summed E-state index contributed by atoms with van der Waals surface area (Å²) >= 11 is 0. The van der Waals surface area contributed by atoms with E-state index in [0.717, 1.165) is 117 Å². The van der Waals surface area contributed by atoms with Gasteiger partial charge in [-0.15, -0.1) is 0 Å². The Kier molecular flexibility index (Phi) is 7.72. The number of hydrogen-bond donors (Lipinski definition) is 1. The second kappa shape index (κ2) is 13.9. The van der Waals surface area contributed by atoms with Crippen LogP contribution < -0.4 is 10.2 Å². The van der Waals surface area contributed by atoms with Crippen LogP contribution in [0.15, 0.2) is 232 Å². The predicted molar refractivity (Wildman–Crippen MR) is 267 cm³/mol. The fraction of sp³-hybridized carbons (Fsp3) is 0.0517. The van der Waals surface area contributed by atoms with Gasteiger partial charge in [0.05, 0.1) is 50.5 Å². The number of fused-ring (bicyclic) bond motifs is 13. The minimum atomic E-state index is -0.170. The fourth-order valence-electron chi connectivity index (χ4n) is 10.6. The van der Waals surface area contributed by atoms with Gasteiger partial charge in [0.1, 0.15) is 22.3 Å². The van der Waals surface area contributed by atoms with Crippen LogP contribution >= 0.6 is 0 Å². The van der Waals surface area contributed by atoms with Crippen molar-refractivity contribution in [2.45, 2.75) is 19.1 Å². The Hall–Kier alpha value is -8.75. The van der Waals surface area contributed by atoms with Crippen molar-refractivity contribution in [3.8, 4) is 16.8 Å². The van der Waals surface area contributed by atoms with E-state index in [4.69, 9.17) is 13.8 Å². The second-order valence-electron chi connectivity index (χ2n) is 17.2. The molecule has 1 N–H and O–H groups in total. The first kappa shape index (κ1) is 36.7. The highest BCUT2D eigenvalue weighted by Gasteiger charge is 2.44. The van der Waals surface area contributed by atoms with E-state index in [2.05, 4.69) is 195 Å². The number of rotatable bonds is 6. The molecule has 8 heteroatoms. The van der Waals surface area contributed by atoms with Crippen molar-refractivity contribution in [1.29, 1.82) is 0 Å². The Morgan fingerprint density at radius 2 is 1.26 bits per heavy atom. The molecule has 0 bridgehead atoms. The molecule has 0 saturated carbocycles. The van der Waals surface area contributed by atoms with Crippen LogP contribution in [0.2, 0.25) is 0 Å². The number of para-hydroxylation sites is 4. The number of anilines is 1. The third kappa shape index (κ3) is 5.23. The van der Waals surface area contributed by atoms with E-state index < -0.39 is 0 Å². The van der Waals surface area contributed by atoms with Crippen LogP contribution in [-0.4, -0.2) is 25.1 Å². The quantitative estimate of drug-likeness (QED) is 0.180. The molecule has 11 aromatic rings. The zero-order valence-electron chi connectivity index (χ0n) is 35.9. The van der Waals surface area contributed by atoms with Crippen molar-refractivity contribution < 1.29 is 8.83 Å². The molecule has 2 atom stereocenters. The molecule has 6 heterocycles. The van der Waals surface area contributed by atoms with Gasteiger partial charge in [-0.05, 0) is 121 Å². The van der Waals surface area contributed by atoms with Crippen molar-refractivity contribution in [2.24, 2.45) is 0 Å². The third-order valence-electron chi connectivity index (χ3n) is 13.6. The van der Waals surface area contributed by atoms with Gasteiger partial charge in [0.15, 0.2) is 6.29 Å². The first-order valence-electron chi connectivity index (χ1n) is 22.4. The molecule has 0 radical (unpaired) electrons. The number of benzene rings is 7. The summed E-state index contributed by atoms with van der Waals surface area (Å²) in [5.41, 5.74) is 17.6. The lowest BCUT2D eigenvalue weighted by molar-refractivity contribution is 0.366. The number of nitrogens with zero attached hydrogens (tertiary/aromatic N) is 5. The minimum Gasteiger partial charge on any atom is -0.456 e. The van der Waals surface area contributed by atoms with E-state index in [9.17, 15) is 0 Å². The Morgan fingerprint density at radius 3 is 2.02 bits per heavy atom. The van der Waals surface area contributed by atoms with Gasteiger partial charge < -0.3 is 19.1 Å². The van der Waals surface area contributed by atoms with Crippen LogP contribution in [0, 0.1) is 0 Å². The van der Waals surface area contributed by atoms with E-state index in [1.54, 1.807) is 0 Å². The van der Waals surface area contributed by atoms with Gasteiger partial charge in [-0.3, -0.25) is 13.9 Å². The van der Waals surface area contributed by atoms with Gasteiger partial charge >= 0.3 is 0 Å². The van der Waals surface area contributed by atoms with E-state index in [0.29, 0.717) is 0 Å². The van der Waals surface area contributed by atoms with E-state index >= 15 is 0 Å². The number of furan rings is 2. The van der Waals surface area contributed by atoms with Crippen LogP contribution in [0.4, 0.5) is 5.69 Å².